The molecule has 1 amide bonds. The van der Waals surface area contributed by atoms with E-state index in [-0.39, 0.29) is 11.3 Å². The summed E-state index contributed by atoms with van der Waals surface area (Å²) >= 11 is 0. The minimum atomic E-state index is -3.19. The molecule has 2 N–H and O–H groups in total. The molecule has 0 radical (unpaired) electrons. The van der Waals surface area contributed by atoms with Gasteiger partial charge >= 0.3 is 12.6 Å². The maximum absolute atomic E-state index is 13.1. The van der Waals surface area contributed by atoms with Crippen LogP contribution < -0.4 is 10.1 Å². The summed E-state index contributed by atoms with van der Waals surface area (Å²) in [6.07, 6.45) is 2.27. The molecular weight excluding hydrogens is 319 g/mol. The highest BCUT2D eigenvalue weighted by Gasteiger charge is 2.15. The second-order valence-electron chi connectivity index (χ2n) is 4.29. The Hall–Kier alpha value is -3.04. The number of carboxylic acid groups (broad SMARTS) is 1. The number of carboxylic acids is 1. The minimum Gasteiger partial charge on any atom is -0.480 e. The first kappa shape index (κ1) is 16.3. The summed E-state index contributed by atoms with van der Waals surface area (Å²) in [4.78, 5) is 22.5. The first-order chi connectivity index (χ1) is 10.8. The summed E-state index contributed by atoms with van der Waals surface area (Å²) in [5.74, 6) is -3.24. The van der Waals surface area contributed by atoms with Crippen LogP contribution in [0.2, 0.25) is 0 Å². The van der Waals surface area contributed by atoms with Crippen molar-refractivity contribution >= 4 is 17.6 Å². The Labute approximate surface area is 127 Å². The molecule has 1 aromatic carbocycles. The molecule has 10 heteroatoms. The normalized spacial score (nSPS) is 10.6. The van der Waals surface area contributed by atoms with Gasteiger partial charge in [0.1, 0.15) is 12.4 Å². The van der Waals surface area contributed by atoms with Gasteiger partial charge in [-0.2, -0.15) is 13.9 Å². The summed E-state index contributed by atoms with van der Waals surface area (Å²) in [6.45, 7) is -3.63. The summed E-state index contributed by atoms with van der Waals surface area (Å²) in [7, 11) is 0. The van der Waals surface area contributed by atoms with Crippen LogP contribution in [0.1, 0.15) is 10.4 Å². The number of hydrogen-bond acceptors (Lipinski definition) is 4. The number of amides is 1. The zero-order valence-corrected chi connectivity index (χ0v) is 11.4. The molecule has 0 aliphatic carbocycles. The zero-order chi connectivity index (χ0) is 17.0. The molecule has 0 atom stereocenters. The van der Waals surface area contributed by atoms with Crippen LogP contribution in [0.4, 0.5) is 18.9 Å². The summed E-state index contributed by atoms with van der Waals surface area (Å²) < 4.78 is 42.8. The monoisotopic (exact) mass is 329 g/mol. The van der Waals surface area contributed by atoms with Crippen LogP contribution >= 0.6 is 0 Å². The number of alkyl halides is 2. The number of hydrogen-bond donors (Lipinski definition) is 2. The van der Waals surface area contributed by atoms with Gasteiger partial charge in [-0.3, -0.25) is 14.3 Å². The topological polar surface area (TPSA) is 93.5 Å². The van der Waals surface area contributed by atoms with Crippen molar-refractivity contribution in [3.05, 3.63) is 42.0 Å². The average molecular weight is 329 g/mol. The van der Waals surface area contributed by atoms with Crippen molar-refractivity contribution in [1.82, 2.24) is 9.78 Å². The van der Waals surface area contributed by atoms with Gasteiger partial charge in [0.05, 0.1) is 17.4 Å². The Balaban J connectivity index is 2.16. The Morgan fingerprint density at radius 3 is 2.78 bits per heavy atom. The van der Waals surface area contributed by atoms with Crippen molar-refractivity contribution in [2.24, 2.45) is 0 Å². The minimum absolute atomic E-state index is 0.00132. The number of nitrogens with zero attached hydrogens (tertiary/aromatic N) is 2. The fraction of sp³-hybridized carbons (Fsp3) is 0.154. The number of halogens is 3. The number of benzene rings is 1. The van der Waals surface area contributed by atoms with Crippen LogP contribution in [-0.2, 0) is 11.3 Å². The van der Waals surface area contributed by atoms with Crippen LogP contribution in [-0.4, -0.2) is 33.4 Å². The van der Waals surface area contributed by atoms with Gasteiger partial charge in [-0.15, -0.1) is 0 Å². The standard InChI is InChI=1S/C13H10F3N3O4/c14-8-1-2-9(10(3-8)23-13(15)16)18-12(22)7-4-17-19(5-7)6-11(20)21/h1-5,13H,6H2,(H,18,22)(H,20,21). The van der Waals surface area contributed by atoms with E-state index in [9.17, 15) is 22.8 Å². The van der Waals surface area contributed by atoms with Crippen LogP contribution in [0, 0.1) is 5.82 Å². The van der Waals surface area contributed by atoms with E-state index in [4.69, 9.17) is 5.11 Å². The molecule has 0 aliphatic rings. The Kier molecular flexibility index (Phi) is 4.84. The van der Waals surface area contributed by atoms with Crippen molar-refractivity contribution in [2.45, 2.75) is 13.2 Å². The van der Waals surface area contributed by atoms with Crippen molar-refractivity contribution < 1.29 is 32.6 Å². The smallest absolute Gasteiger partial charge is 0.387 e. The van der Waals surface area contributed by atoms with E-state index in [0.29, 0.717) is 6.07 Å². The van der Waals surface area contributed by atoms with E-state index in [1.54, 1.807) is 0 Å². The lowest BCUT2D eigenvalue weighted by Gasteiger charge is -2.11. The van der Waals surface area contributed by atoms with Gasteiger partial charge < -0.3 is 15.2 Å². The van der Waals surface area contributed by atoms with Gasteiger partial charge in [0.25, 0.3) is 5.91 Å². The van der Waals surface area contributed by atoms with Crippen molar-refractivity contribution in [3.8, 4) is 5.75 Å². The predicted molar refractivity (Wildman–Crippen MR) is 70.8 cm³/mol. The molecule has 0 fully saturated rings. The number of aliphatic carboxylic acids is 1. The third-order valence-electron chi connectivity index (χ3n) is 2.60. The lowest BCUT2D eigenvalue weighted by atomic mass is 10.2. The fourth-order valence-electron chi connectivity index (χ4n) is 1.69. The molecule has 0 aliphatic heterocycles. The molecule has 2 rings (SSSR count). The van der Waals surface area contributed by atoms with Crippen molar-refractivity contribution in [3.63, 3.8) is 0 Å². The van der Waals surface area contributed by atoms with Crippen LogP contribution in [0.25, 0.3) is 0 Å². The third kappa shape index (κ3) is 4.46. The van der Waals surface area contributed by atoms with E-state index in [0.717, 1.165) is 23.0 Å². The van der Waals surface area contributed by atoms with E-state index in [1.165, 1.54) is 6.20 Å². The Bertz CT molecular complexity index is 733. The predicted octanol–water partition coefficient (Wildman–Crippen LogP) is 1.96. The summed E-state index contributed by atoms with van der Waals surface area (Å²) in [5.41, 5.74) is -0.166. The number of rotatable bonds is 6. The van der Waals surface area contributed by atoms with Crippen LogP contribution in [0.3, 0.4) is 0 Å². The maximum atomic E-state index is 13.1. The SMILES string of the molecule is O=C(O)Cn1cc(C(=O)Nc2ccc(F)cc2OC(F)F)cn1. The summed E-state index contributed by atoms with van der Waals surface area (Å²) in [6, 6.07) is 2.73. The second kappa shape index (κ2) is 6.81. The van der Waals surface area contributed by atoms with E-state index >= 15 is 0 Å². The molecule has 122 valence electrons. The fourth-order valence-corrected chi connectivity index (χ4v) is 1.69. The van der Waals surface area contributed by atoms with Gasteiger partial charge in [-0.05, 0) is 12.1 Å². The van der Waals surface area contributed by atoms with Gasteiger partial charge in [0.15, 0.2) is 5.75 Å². The van der Waals surface area contributed by atoms with E-state index in [2.05, 4.69) is 15.2 Å². The van der Waals surface area contributed by atoms with E-state index in [1.807, 2.05) is 0 Å². The second-order valence-corrected chi connectivity index (χ2v) is 4.29. The molecule has 0 spiro atoms. The molecule has 1 heterocycles. The lowest BCUT2D eigenvalue weighted by molar-refractivity contribution is -0.137. The van der Waals surface area contributed by atoms with Crippen molar-refractivity contribution in [1.29, 1.82) is 0 Å². The van der Waals surface area contributed by atoms with Crippen molar-refractivity contribution in [2.75, 3.05) is 5.32 Å². The molecule has 0 saturated carbocycles. The molecule has 23 heavy (non-hydrogen) atoms. The average Bonchev–Trinajstić information content (AvgIpc) is 2.89. The Morgan fingerprint density at radius 2 is 2.13 bits per heavy atom. The molecule has 0 bridgehead atoms. The van der Waals surface area contributed by atoms with Crippen LogP contribution in [0.15, 0.2) is 30.6 Å². The van der Waals surface area contributed by atoms with Crippen LogP contribution in [0.5, 0.6) is 5.75 Å². The molecular formula is C13H10F3N3O4. The quantitative estimate of drug-likeness (QED) is 0.845. The number of ether oxygens (including phenoxy) is 1. The van der Waals surface area contributed by atoms with Gasteiger partial charge in [0, 0.05) is 12.3 Å². The highest BCUT2D eigenvalue weighted by atomic mass is 19.3. The van der Waals surface area contributed by atoms with Gasteiger partial charge in [-0.25, -0.2) is 4.39 Å². The summed E-state index contributed by atoms with van der Waals surface area (Å²) in [5, 5.41) is 14.5. The molecule has 7 nitrogen and oxygen atoms in total. The number of aromatic nitrogens is 2. The number of nitrogens with one attached hydrogen (secondary N) is 1. The first-order valence-corrected chi connectivity index (χ1v) is 6.15. The molecule has 1 aromatic heterocycles. The molecule has 2 aromatic rings. The van der Waals surface area contributed by atoms with Gasteiger partial charge in [-0.1, -0.05) is 0 Å². The highest BCUT2D eigenvalue weighted by Crippen LogP contribution is 2.27. The third-order valence-corrected chi connectivity index (χ3v) is 2.60. The molecule has 0 unspecified atom stereocenters. The molecule has 0 saturated heterocycles. The first-order valence-electron chi connectivity index (χ1n) is 6.15. The number of anilines is 1. The number of carbonyl (C=O) groups excluding carboxylic acids is 1. The van der Waals surface area contributed by atoms with E-state index < -0.39 is 36.6 Å². The maximum Gasteiger partial charge on any atom is 0.387 e. The largest absolute Gasteiger partial charge is 0.480 e. The highest BCUT2D eigenvalue weighted by molar-refractivity contribution is 6.04. The zero-order valence-electron chi connectivity index (χ0n) is 11.4. The lowest BCUT2D eigenvalue weighted by Crippen LogP contribution is -2.14. The Morgan fingerprint density at radius 1 is 1.39 bits per heavy atom. The number of carbonyl (C=O) groups is 2. The van der Waals surface area contributed by atoms with Gasteiger partial charge in [0.2, 0.25) is 0 Å².